The minimum absolute atomic E-state index is 0.234. The van der Waals surface area contributed by atoms with Crippen molar-refractivity contribution in [2.45, 2.75) is 38.7 Å². The van der Waals surface area contributed by atoms with Crippen molar-refractivity contribution in [2.75, 3.05) is 0 Å². The summed E-state index contributed by atoms with van der Waals surface area (Å²) in [5.41, 5.74) is 2.31. The Kier molecular flexibility index (Phi) is 4.50. The Morgan fingerprint density at radius 3 is 2.60 bits per heavy atom. The molecule has 2 nitrogen and oxygen atoms in total. The summed E-state index contributed by atoms with van der Waals surface area (Å²) in [6, 6.07) is 7.99. The summed E-state index contributed by atoms with van der Waals surface area (Å²) in [5, 5.41) is 9.37. The van der Waals surface area contributed by atoms with Crippen LogP contribution in [-0.4, -0.2) is 17.5 Å². The van der Waals surface area contributed by atoms with Crippen molar-refractivity contribution >= 4 is 6.29 Å². The van der Waals surface area contributed by atoms with Crippen molar-refractivity contribution in [3.63, 3.8) is 0 Å². The third kappa shape index (κ3) is 3.48. The van der Waals surface area contributed by atoms with Crippen LogP contribution in [0.15, 0.2) is 24.3 Å². The van der Waals surface area contributed by atoms with Gasteiger partial charge in [-0.05, 0) is 30.4 Å². The van der Waals surface area contributed by atoms with E-state index in [-0.39, 0.29) is 12.0 Å². The molecule has 1 aromatic rings. The zero-order chi connectivity index (χ0) is 11.3. The molecule has 0 spiro atoms. The highest BCUT2D eigenvalue weighted by atomic mass is 16.3. The third-order valence-corrected chi connectivity index (χ3v) is 2.55. The second-order valence-electron chi connectivity index (χ2n) is 4.06. The van der Waals surface area contributed by atoms with Crippen molar-refractivity contribution in [1.82, 2.24) is 0 Å². The van der Waals surface area contributed by atoms with E-state index in [4.69, 9.17) is 0 Å². The zero-order valence-electron chi connectivity index (χ0n) is 9.31. The van der Waals surface area contributed by atoms with E-state index in [1.54, 1.807) is 6.92 Å². The fraction of sp³-hybridized carbons (Fsp3) is 0.462. The van der Waals surface area contributed by atoms with Crippen LogP contribution in [0, 0.1) is 0 Å². The molecule has 2 unspecified atom stereocenters. The SMILES string of the molecule is CC(O)Cc1ccccc1C(C)CC=O. The highest BCUT2D eigenvalue weighted by Crippen LogP contribution is 2.23. The molecule has 2 atom stereocenters. The number of carbonyl (C=O) groups is 1. The first-order valence-corrected chi connectivity index (χ1v) is 5.34. The zero-order valence-corrected chi connectivity index (χ0v) is 9.31. The number of hydrogen-bond acceptors (Lipinski definition) is 2. The third-order valence-electron chi connectivity index (χ3n) is 2.55. The van der Waals surface area contributed by atoms with Gasteiger partial charge in [-0.3, -0.25) is 0 Å². The van der Waals surface area contributed by atoms with Crippen LogP contribution in [0.1, 0.15) is 37.3 Å². The summed E-state index contributed by atoms with van der Waals surface area (Å²) in [6.45, 7) is 3.82. The van der Waals surface area contributed by atoms with Gasteiger partial charge in [-0.25, -0.2) is 0 Å². The summed E-state index contributed by atoms with van der Waals surface area (Å²) in [7, 11) is 0. The summed E-state index contributed by atoms with van der Waals surface area (Å²) in [4.78, 5) is 10.5. The molecule has 0 saturated heterocycles. The van der Waals surface area contributed by atoms with Gasteiger partial charge in [-0.15, -0.1) is 0 Å². The van der Waals surface area contributed by atoms with Gasteiger partial charge in [0.1, 0.15) is 6.29 Å². The predicted molar refractivity (Wildman–Crippen MR) is 60.9 cm³/mol. The highest BCUT2D eigenvalue weighted by Gasteiger charge is 2.10. The van der Waals surface area contributed by atoms with Gasteiger partial charge in [0.15, 0.2) is 0 Å². The van der Waals surface area contributed by atoms with Gasteiger partial charge >= 0.3 is 0 Å². The molecule has 1 aromatic carbocycles. The van der Waals surface area contributed by atoms with Gasteiger partial charge in [-0.2, -0.15) is 0 Å². The summed E-state index contributed by atoms with van der Waals surface area (Å²) in [5.74, 6) is 0.234. The molecule has 0 aromatic heterocycles. The molecule has 0 radical (unpaired) electrons. The molecular formula is C13H18O2. The predicted octanol–water partition coefficient (Wildman–Crippen LogP) is 2.30. The van der Waals surface area contributed by atoms with Crippen LogP contribution in [0.3, 0.4) is 0 Å². The molecule has 2 heteroatoms. The Hall–Kier alpha value is -1.15. The van der Waals surface area contributed by atoms with Gasteiger partial charge in [0, 0.05) is 6.42 Å². The van der Waals surface area contributed by atoms with E-state index in [9.17, 15) is 9.90 Å². The Morgan fingerprint density at radius 2 is 2.00 bits per heavy atom. The lowest BCUT2D eigenvalue weighted by Crippen LogP contribution is -2.08. The Labute approximate surface area is 90.9 Å². The fourth-order valence-corrected chi connectivity index (χ4v) is 1.79. The number of aldehydes is 1. The van der Waals surface area contributed by atoms with Gasteiger partial charge < -0.3 is 9.90 Å². The first-order valence-electron chi connectivity index (χ1n) is 5.34. The molecule has 0 amide bonds. The summed E-state index contributed by atoms with van der Waals surface area (Å²) >= 11 is 0. The van der Waals surface area contributed by atoms with Gasteiger partial charge in [0.2, 0.25) is 0 Å². The van der Waals surface area contributed by atoms with Crippen molar-refractivity contribution in [2.24, 2.45) is 0 Å². The van der Waals surface area contributed by atoms with Crippen LogP contribution in [0.4, 0.5) is 0 Å². The Bertz CT molecular complexity index is 318. The normalized spacial score (nSPS) is 14.6. The maximum Gasteiger partial charge on any atom is 0.120 e. The molecule has 82 valence electrons. The van der Waals surface area contributed by atoms with E-state index >= 15 is 0 Å². The van der Waals surface area contributed by atoms with E-state index in [0.29, 0.717) is 12.8 Å². The molecule has 0 fully saturated rings. The molecule has 0 bridgehead atoms. The first-order chi connectivity index (χ1) is 7.15. The lowest BCUT2D eigenvalue weighted by Gasteiger charge is -2.15. The van der Waals surface area contributed by atoms with Gasteiger partial charge in [0.05, 0.1) is 6.10 Å². The van der Waals surface area contributed by atoms with Crippen molar-refractivity contribution in [3.05, 3.63) is 35.4 Å². The van der Waals surface area contributed by atoms with E-state index in [1.807, 2.05) is 31.2 Å². The number of rotatable bonds is 5. The van der Waals surface area contributed by atoms with Crippen molar-refractivity contribution in [3.8, 4) is 0 Å². The molecule has 15 heavy (non-hydrogen) atoms. The fourth-order valence-electron chi connectivity index (χ4n) is 1.79. The monoisotopic (exact) mass is 206 g/mol. The van der Waals surface area contributed by atoms with Crippen molar-refractivity contribution in [1.29, 1.82) is 0 Å². The van der Waals surface area contributed by atoms with Crippen LogP contribution in [0.5, 0.6) is 0 Å². The summed E-state index contributed by atoms with van der Waals surface area (Å²) < 4.78 is 0. The van der Waals surface area contributed by atoms with E-state index < -0.39 is 0 Å². The molecule has 0 saturated carbocycles. The average Bonchev–Trinajstić information content (AvgIpc) is 2.18. The molecule has 0 aliphatic rings. The maximum absolute atomic E-state index is 10.5. The number of carbonyl (C=O) groups excluding carboxylic acids is 1. The van der Waals surface area contributed by atoms with Crippen LogP contribution in [-0.2, 0) is 11.2 Å². The molecule has 0 aliphatic heterocycles. The topological polar surface area (TPSA) is 37.3 Å². The quantitative estimate of drug-likeness (QED) is 0.750. The van der Waals surface area contributed by atoms with E-state index in [2.05, 4.69) is 0 Å². The highest BCUT2D eigenvalue weighted by molar-refractivity contribution is 5.52. The smallest absolute Gasteiger partial charge is 0.120 e. The second kappa shape index (κ2) is 5.66. The standard InChI is InChI=1S/C13H18O2/c1-10(7-8-14)13-6-4-3-5-12(13)9-11(2)15/h3-6,8,10-11,15H,7,9H2,1-2H3. The van der Waals surface area contributed by atoms with Gasteiger partial charge in [-0.1, -0.05) is 31.2 Å². The molecule has 1 N–H and O–H groups in total. The van der Waals surface area contributed by atoms with E-state index in [1.165, 1.54) is 5.56 Å². The molecule has 0 aliphatic carbocycles. The molecular weight excluding hydrogens is 188 g/mol. The Morgan fingerprint density at radius 1 is 1.33 bits per heavy atom. The first kappa shape index (κ1) is 11.9. The second-order valence-corrected chi connectivity index (χ2v) is 4.06. The van der Waals surface area contributed by atoms with Crippen LogP contribution in [0.2, 0.25) is 0 Å². The summed E-state index contributed by atoms with van der Waals surface area (Å²) in [6.07, 6.45) is 1.80. The van der Waals surface area contributed by atoms with Gasteiger partial charge in [0.25, 0.3) is 0 Å². The lowest BCUT2D eigenvalue weighted by molar-refractivity contribution is -0.108. The molecule has 1 rings (SSSR count). The molecule has 0 heterocycles. The van der Waals surface area contributed by atoms with Crippen molar-refractivity contribution < 1.29 is 9.90 Å². The average molecular weight is 206 g/mol. The Balaban J connectivity index is 2.89. The number of aliphatic hydroxyl groups excluding tert-OH is 1. The van der Waals surface area contributed by atoms with Crippen LogP contribution >= 0.6 is 0 Å². The van der Waals surface area contributed by atoms with E-state index in [0.717, 1.165) is 11.8 Å². The number of hydrogen-bond donors (Lipinski definition) is 1. The largest absolute Gasteiger partial charge is 0.393 e. The van der Waals surface area contributed by atoms with Crippen LogP contribution in [0.25, 0.3) is 0 Å². The minimum atomic E-state index is -0.338. The number of benzene rings is 1. The number of aliphatic hydroxyl groups is 1. The maximum atomic E-state index is 10.5. The minimum Gasteiger partial charge on any atom is -0.393 e. The van der Waals surface area contributed by atoms with Crippen LogP contribution < -0.4 is 0 Å². The lowest BCUT2D eigenvalue weighted by atomic mass is 9.91.